The number of pyridine rings is 1. The average molecular weight is 369 g/mol. The largest absolute Gasteiger partial charge is 0.494 e. The van der Waals surface area contributed by atoms with Gasteiger partial charge in [-0.1, -0.05) is 26.7 Å². The molecule has 3 aliphatic heterocycles. The molecule has 1 unspecified atom stereocenters. The number of aliphatic hydroxyl groups excluding tert-OH is 1. The van der Waals surface area contributed by atoms with Gasteiger partial charge in [0.2, 0.25) is 0 Å². The standard InChI is InChI=1S/C23H32N2O2/c1-3-5-12-27-18-6-7-21-20(14-18)19(8-10-24-21)23(26)22-13-17-9-11-25(22)15-16(17)4-2/h6-8,10,14,16-17,22-23,26H,3-5,9,11-13,15H2,1-2H3/t16-,17-,22-,23+/m0/s1. The van der Waals surface area contributed by atoms with Gasteiger partial charge in [0.1, 0.15) is 5.75 Å². The number of hydrogen-bond donors (Lipinski definition) is 1. The molecular formula is C23H32N2O2. The molecule has 4 heteroatoms. The number of rotatable bonds is 7. The van der Waals surface area contributed by atoms with Gasteiger partial charge in [-0.15, -0.1) is 0 Å². The van der Waals surface area contributed by atoms with E-state index in [-0.39, 0.29) is 6.04 Å². The molecule has 1 aromatic heterocycles. The lowest BCUT2D eigenvalue weighted by molar-refractivity contribution is -0.0562. The molecule has 5 atom stereocenters. The van der Waals surface area contributed by atoms with Crippen LogP contribution in [0.3, 0.4) is 0 Å². The maximum atomic E-state index is 11.3. The summed E-state index contributed by atoms with van der Waals surface area (Å²) in [6.07, 6.45) is 7.17. The van der Waals surface area contributed by atoms with Gasteiger partial charge < -0.3 is 9.84 Å². The molecule has 146 valence electrons. The van der Waals surface area contributed by atoms with Crippen molar-refractivity contribution in [2.45, 2.75) is 58.1 Å². The van der Waals surface area contributed by atoms with Gasteiger partial charge in [-0.05, 0) is 67.5 Å². The first kappa shape index (κ1) is 18.7. The van der Waals surface area contributed by atoms with E-state index in [1.165, 1.54) is 12.8 Å². The van der Waals surface area contributed by atoms with Crippen LogP contribution in [0.1, 0.15) is 57.6 Å². The first-order chi connectivity index (χ1) is 13.2. The Kier molecular flexibility index (Phi) is 5.65. The fraction of sp³-hybridized carbons (Fsp3) is 0.609. The molecule has 0 saturated carbocycles. The van der Waals surface area contributed by atoms with E-state index in [1.807, 2.05) is 24.4 Å². The van der Waals surface area contributed by atoms with E-state index < -0.39 is 6.10 Å². The van der Waals surface area contributed by atoms with Crippen molar-refractivity contribution in [3.63, 3.8) is 0 Å². The summed E-state index contributed by atoms with van der Waals surface area (Å²) in [5.74, 6) is 2.43. The smallest absolute Gasteiger partial charge is 0.120 e. The van der Waals surface area contributed by atoms with E-state index in [1.54, 1.807) is 0 Å². The highest BCUT2D eigenvalue weighted by Gasteiger charge is 2.42. The molecule has 3 fully saturated rings. The minimum absolute atomic E-state index is 0.224. The second kappa shape index (κ2) is 8.15. The fourth-order valence-electron chi connectivity index (χ4n) is 5.01. The minimum Gasteiger partial charge on any atom is -0.494 e. The maximum Gasteiger partial charge on any atom is 0.120 e. The lowest BCUT2D eigenvalue weighted by Crippen LogP contribution is -2.55. The quantitative estimate of drug-likeness (QED) is 0.727. The van der Waals surface area contributed by atoms with Crippen molar-refractivity contribution in [3.05, 3.63) is 36.0 Å². The number of ether oxygens (including phenoxy) is 1. The molecule has 1 aromatic carbocycles. The van der Waals surface area contributed by atoms with Crippen LogP contribution in [0.25, 0.3) is 10.9 Å². The number of fused-ring (bicyclic) bond motifs is 4. The predicted molar refractivity (Wildman–Crippen MR) is 109 cm³/mol. The number of unbranched alkanes of at least 4 members (excludes halogenated alkanes) is 1. The Balaban J connectivity index is 1.60. The summed E-state index contributed by atoms with van der Waals surface area (Å²) in [7, 11) is 0. The third-order valence-corrected chi connectivity index (χ3v) is 6.66. The highest BCUT2D eigenvalue weighted by atomic mass is 16.5. The molecule has 4 nitrogen and oxygen atoms in total. The van der Waals surface area contributed by atoms with Crippen molar-refractivity contribution in [1.29, 1.82) is 0 Å². The SMILES string of the molecule is CCCCOc1ccc2nccc([C@@H](O)[C@@H]3C[C@@H]4CCN3C[C@@H]4CC)c2c1. The molecule has 3 aliphatic rings. The number of hydrogen-bond acceptors (Lipinski definition) is 4. The van der Waals surface area contributed by atoms with Gasteiger partial charge in [0.25, 0.3) is 0 Å². The van der Waals surface area contributed by atoms with Gasteiger partial charge in [0, 0.05) is 24.2 Å². The Labute approximate surface area is 162 Å². The summed E-state index contributed by atoms with van der Waals surface area (Å²) < 4.78 is 5.89. The van der Waals surface area contributed by atoms with E-state index in [2.05, 4.69) is 29.8 Å². The Hall–Kier alpha value is -1.65. The van der Waals surface area contributed by atoms with E-state index in [4.69, 9.17) is 4.74 Å². The van der Waals surface area contributed by atoms with Gasteiger partial charge >= 0.3 is 0 Å². The van der Waals surface area contributed by atoms with Crippen LogP contribution in [0.15, 0.2) is 30.5 Å². The Morgan fingerprint density at radius 3 is 2.93 bits per heavy atom. The number of aliphatic hydroxyl groups is 1. The lowest BCUT2D eigenvalue weighted by atomic mass is 9.72. The van der Waals surface area contributed by atoms with Crippen molar-refractivity contribution in [3.8, 4) is 5.75 Å². The molecule has 27 heavy (non-hydrogen) atoms. The molecule has 3 saturated heterocycles. The van der Waals surface area contributed by atoms with Gasteiger partial charge in [0.05, 0.1) is 18.2 Å². The number of aromatic nitrogens is 1. The van der Waals surface area contributed by atoms with Gasteiger partial charge in [0.15, 0.2) is 0 Å². The van der Waals surface area contributed by atoms with Crippen molar-refractivity contribution < 1.29 is 9.84 Å². The Bertz CT molecular complexity index is 778. The topological polar surface area (TPSA) is 45.6 Å². The zero-order valence-electron chi connectivity index (χ0n) is 16.6. The second-order valence-corrected chi connectivity index (χ2v) is 8.24. The van der Waals surface area contributed by atoms with Crippen LogP contribution in [0, 0.1) is 11.8 Å². The lowest BCUT2D eigenvalue weighted by Gasteiger charge is -2.51. The van der Waals surface area contributed by atoms with Crippen LogP contribution in [0.4, 0.5) is 0 Å². The van der Waals surface area contributed by atoms with Crippen LogP contribution in [-0.2, 0) is 0 Å². The fourth-order valence-corrected chi connectivity index (χ4v) is 5.01. The van der Waals surface area contributed by atoms with Crippen LogP contribution in [0.2, 0.25) is 0 Å². The molecule has 2 aromatic rings. The van der Waals surface area contributed by atoms with Crippen molar-refractivity contribution in [2.75, 3.05) is 19.7 Å². The summed E-state index contributed by atoms with van der Waals surface area (Å²) >= 11 is 0. The first-order valence-electron chi connectivity index (χ1n) is 10.6. The third-order valence-electron chi connectivity index (χ3n) is 6.66. The van der Waals surface area contributed by atoms with Gasteiger partial charge in [-0.2, -0.15) is 0 Å². The number of piperidine rings is 3. The molecule has 0 amide bonds. The normalized spacial score (nSPS) is 28.4. The molecular weight excluding hydrogens is 336 g/mol. The molecule has 0 aliphatic carbocycles. The monoisotopic (exact) mass is 368 g/mol. The molecule has 2 bridgehead atoms. The van der Waals surface area contributed by atoms with Crippen LogP contribution < -0.4 is 4.74 Å². The highest BCUT2D eigenvalue weighted by Crippen LogP contribution is 2.42. The molecule has 0 radical (unpaired) electrons. The highest BCUT2D eigenvalue weighted by molar-refractivity contribution is 5.84. The minimum atomic E-state index is -0.470. The molecule has 5 rings (SSSR count). The summed E-state index contributed by atoms with van der Waals surface area (Å²) in [5.41, 5.74) is 1.92. The summed E-state index contributed by atoms with van der Waals surface area (Å²) in [6.45, 7) is 7.46. The summed E-state index contributed by atoms with van der Waals surface area (Å²) in [4.78, 5) is 7.02. The van der Waals surface area contributed by atoms with Crippen LogP contribution >= 0.6 is 0 Å². The summed E-state index contributed by atoms with van der Waals surface area (Å²) in [5, 5.41) is 12.3. The van der Waals surface area contributed by atoms with Crippen LogP contribution in [-0.4, -0.2) is 40.7 Å². The number of benzene rings is 1. The Morgan fingerprint density at radius 1 is 1.30 bits per heavy atom. The zero-order chi connectivity index (χ0) is 18.8. The summed E-state index contributed by atoms with van der Waals surface area (Å²) in [6, 6.07) is 8.26. The third kappa shape index (κ3) is 3.70. The van der Waals surface area contributed by atoms with Crippen molar-refractivity contribution in [2.24, 2.45) is 11.8 Å². The Morgan fingerprint density at radius 2 is 2.19 bits per heavy atom. The van der Waals surface area contributed by atoms with Crippen molar-refractivity contribution in [1.82, 2.24) is 9.88 Å². The van der Waals surface area contributed by atoms with Gasteiger partial charge in [-0.25, -0.2) is 0 Å². The van der Waals surface area contributed by atoms with E-state index in [0.29, 0.717) is 0 Å². The zero-order valence-corrected chi connectivity index (χ0v) is 16.6. The van der Waals surface area contributed by atoms with Crippen molar-refractivity contribution >= 4 is 10.9 Å². The molecule has 0 spiro atoms. The average Bonchev–Trinajstić information content (AvgIpc) is 2.73. The molecule has 4 heterocycles. The number of nitrogens with zero attached hydrogens (tertiary/aromatic N) is 2. The predicted octanol–water partition coefficient (Wildman–Crippen LogP) is 4.57. The van der Waals surface area contributed by atoms with E-state index in [9.17, 15) is 5.11 Å². The molecule has 1 N–H and O–H groups in total. The first-order valence-corrected chi connectivity index (χ1v) is 10.6. The van der Waals surface area contributed by atoms with Gasteiger partial charge in [-0.3, -0.25) is 9.88 Å². The van der Waals surface area contributed by atoms with E-state index in [0.717, 1.165) is 73.0 Å². The maximum absolute atomic E-state index is 11.3. The second-order valence-electron chi connectivity index (χ2n) is 8.24. The van der Waals surface area contributed by atoms with Crippen LogP contribution in [0.5, 0.6) is 5.75 Å². The van der Waals surface area contributed by atoms with E-state index >= 15 is 0 Å².